The number of methoxy groups -OCH3 is 2. The number of nitrogens with one attached hydrogen (secondary N) is 1. The van der Waals surface area contributed by atoms with Gasteiger partial charge in [-0.25, -0.2) is 9.59 Å². The lowest BCUT2D eigenvalue weighted by molar-refractivity contribution is -0.140. The quantitative estimate of drug-likeness (QED) is 0.707. The van der Waals surface area contributed by atoms with E-state index in [1.807, 2.05) is 6.92 Å². The first-order valence-corrected chi connectivity index (χ1v) is 9.66. The molecule has 1 aliphatic rings. The molecule has 0 aromatic heterocycles. The molecule has 0 bridgehead atoms. The number of para-hydroxylation sites is 1. The molecule has 0 atom stereocenters. The largest absolute Gasteiger partial charge is 0.466 e. The SMILES string of the molecule is COC(=O)C1=C(C(=O)OC)N(c2ccccc2C(=O)Nc2ccc(C)c(Cl)c2)COC1. The molecule has 0 aliphatic carbocycles. The maximum Gasteiger partial charge on any atom is 0.355 e. The van der Waals surface area contributed by atoms with E-state index >= 15 is 0 Å². The van der Waals surface area contributed by atoms with Crippen LogP contribution in [0.15, 0.2) is 53.7 Å². The molecule has 2 aromatic rings. The topological polar surface area (TPSA) is 94.2 Å². The highest BCUT2D eigenvalue weighted by Crippen LogP contribution is 2.30. The fraction of sp³-hybridized carbons (Fsp3) is 0.227. The highest BCUT2D eigenvalue weighted by molar-refractivity contribution is 6.31. The predicted molar refractivity (Wildman–Crippen MR) is 115 cm³/mol. The van der Waals surface area contributed by atoms with Gasteiger partial charge in [0.25, 0.3) is 5.91 Å². The average Bonchev–Trinajstić information content (AvgIpc) is 2.79. The minimum absolute atomic E-state index is 0.00104. The molecule has 3 rings (SSSR count). The third-order valence-corrected chi connectivity index (χ3v) is 5.11. The fourth-order valence-corrected chi connectivity index (χ4v) is 3.28. The van der Waals surface area contributed by atoms with Gasteiger partial charge in [-0.15, -0.1) is 0 Å². The Balaban J connectivity index is 2.03. The highest BCUT2D eigenvalue weighted by Gasteiger charge is 2.34. The molecule has 31 heavy (non-hydrogen) atoms. The summed E-state index contributed by atoms with van der Waals surface area (Å²) in [5.41, 5.74) is 1.98. The number of ether oxygens (including phenoxy) is 3. The van der Waals surface area contributed by atoms with Crippen LogP contribution in [-0.4, -0.2) is 45.4 Å². The zero-order valence-electron chi connectivity index (χ0n) is 17.2. The van der Waals surface area contributed by atoms with Crippen molar-refractivity contribution in [2.24, 2.45) is 0 Å². The van der Waals surface area contributed by atoms with Gasteiger partial charge in [0, 0.05) is 10.7 Å². The van der Waals surface area contributed by atoms with Crippen molar-refractivity contribution in [3.05, 3.63) is 69.9 Å². The maximum absolute atomic E-state index is 13.0. The number of halogens is 1. The van der Waals surface area contributed by atoms with Crippen LogP contribution in [0.25, 0.3) is 0 Å². The van der Waals surface area contributed by atoms with Crippen LogP contribution in [0.3, 0.4) is 0 Å². The molecule has 2 aromatic carbocycles. The van der Waals surface area contributed by atoms with Gasteiger partial charge in [-0.1, -0.05) is 29.8 Å². The lowest BCUT2D eigenvalue weighted by Gasteiger charge is -2.32. The van der Waals surface area contributed by atoms with Gasteiger partial charge in [-0.2, -0.15) is 0 Å². The van der Waals surface area contributed by atoms with Crippen molar-refractivity contribution in [2.45, 2.75) is 6.92 Å². The van der Waals surface area contributed by atoms with Gasteiger partial charge in [0.2, 0.25) is 0 Å². The second kappa shape index (κ2) is 9.63. The van der Waals surface area contributed by atoms with E-state index < -0.39 is 17.8 Å². The van der Waals surface area contributed by atoms with Crippen molar-refractivity contribution in [2.75, 3.05) is 37.8 Å². The number of nitrogens with zero attached hydrogens (tertiary/aromatic N) is 1. The first kappa shape index (κ1) is 22.3. The fourth-order valence-electron chi connectivity index (χ4n) is 3.10. The van der Waals surface area contributed by atoms with Crippen LogP contribution < -0.4 is 10.2 Å². The molecule has 0 spiro atoms. The van der Waals surface area contributed by atoms with Gasteiger partial charge < -0.3 is 24.4 Å². The van der Waals surface area contributed by atoms with Gasteiger partial charge in [-0.3, -0.25) is 4.79 Å². The van der Waals surface area contributed by atoms with E-state index in [0.717, 1.165) is 5.56 Å². The predicted octanol–water partition coefficient (Wildman–Crippen LogP) is 3.29. The maximum atomic E-state index is 13.0. The van der Waals surface area contributed by atoms with Crippen LogP contribution in [0.4, 0.5) is 11.4 Å². The monoisotopic (exact) mass is 444 g/mol. The molecule has 0 fully saturated rings. The summed E-state index contributed by atoms with van der Waals surface area (Å²) in [6.45, 7) is 1.68. The molecule has 0 unspecified atom stereocenters. The molecule has 1 aliphatic heterocycles. The Bertz CT molecular complexity index is 1070. The van der Waals surface area contributed by atoms with E-state index in [2.05, 4.69) is 5.32 Å². The number of carbonyl (C=O) groups is 3. The Labute approximate surface area is 184 Å². The van der Waals surface area contributed by atoms with Crippen molar-refractivity contribution < 1.29 is 28.6 Å². The molecule has 1 heterocycles. The standard InChI is InChI=1S/C22H21ClN2O6/c1-13-8-9-14(10-17(13)23)24-20(26)15-6-4-5-7-18(15)25-12-31-11-16(21(27)29-2)19(25)22(28)30-3/h4-10H,11-12H2,1-3H3,(H,24,26). The Morgan fingerprint density at radius 3 is 2.45 bits per heavy atom. The molecular formula is C22H21ClN2O6. The third-order valence-electron chi connectivity index (χ3n) is 4.70. The summed E-state index contributed by atoms with van der Waals surface area (Å²) in [5, 5.41) is 3.32. The minimum atomic E-state index is -0.746. The van der Waals surface area contributed by atoms with Crippen LogP contribution in [0.5, 0.6) is 0 Å². The lowest BCUT2D eigenvalue weighted by Crippen LogP contribution is -2.39. The molecule has 8 nitrogen and oxygen atoms in total. The molecule has 1 amide bonds. The van der Waals surface area contributed by atoms with Crippen molar-refractivity contribution in [3.63, 3.8) is 0 Å². The number of amides is 1. The number of carbonyl (C=O) groups excluding carboxylic acids is 3. The summed E-state index contributed by atoms with van der Waals surface area (Å²) >= 11 is 6.15. The smallest absolute Gasteiger partial charge is 0.355 e. The minimum Gasteiger partial charge on any atom is -0.466 e. The lowest BCUT2D eigenvalue weighted by atomic mass is 10.1. The summed E-state index contributed by atoms with van der Waals surface area (Å²) in [6.07, 6.45) is 0. The van der Waals surface area contributed by atoms with Crippen LogP contribution in [0, 0.1) is 6.92 Å². The Morgan fingerprint density at radius 2 is 1.77 bits per heavy atom. The number of hydrogen-bond acceptors (Lipinski definition) is 7. The summed E-state index contributed by atoms with van der Waals surface area (Å²) in [6, 6.07) is 11.8. The third kappa shape index (κ3) is 4.70. The second-order valence-electron chi connectivity index (χ2n) is 6.65. The number of esters is 2. The van der Waals surface area contributed by atoms with Crippen LogP contribution in [-0.2, 0) is 23.8 Å². The van der Waals surface area contributed by atoms with Gasteiger partial charge in [0.05, 0.1) is 37.7 Å². The van der Waals surface area contributed by atoms with Crippen molar-refractivity contribution in [1.82, 2.24) is 0 Å². The van der Waals surface area contributed by atoms with Crippen molar-refractivity contribution in [3.8, 4) is 0 Å². The van der Waals surface area contributed by atoms with Crippen LogP contribution >= 0.6 is 11.6 Å². The molecule has 0 saturated carbocycles. The molecule has 0 saturated heterocycles. The number of hydrogen-bond donors (Lipinski definition) is 1. The second-order valence-corrected chi connectivity index (χ2v) is 7.06. The average molecular weight is 445 g/mol. The van der Waals surface area contributed by atoms with Gasteiger partial charge in [0.1, 0.15) is 12.4 Å². The summed E-state index contributed by atoms with van der Waals surface area (Å²) < 4.78 is 15.1. The van der Waals surface area contributed by atoms with E-state index in [1.165, 1.54) is 19.1 Å². The Morgan fingerprint density at radius 1 is 1.06 bits per heavy atom. The van der Waals surface area contributed by atoms with Crippen molar-refractivity contribution >= 4 is 40.8 Å². The van der Waals surface area contributed by atoms with E-state index in [-0.39, 0.29) is 30.2 Å². The highest BCUT2D eigenvalue weighted by atomic mass is 35.5. The normalized spacial score (nSPS) is 13.6. The molecular weight excluding hydrogens is 424 g/mol. The summed E-state index contributed by atoms with van der Waals surface area (Å²) in [5.74, 6) is -1.89. The summed E-state index contributed by atoms with van der Waals surface area (Å²) in [4.78, 5) is 39.2. The first-order valence-electron chi connectivity index (χ1n) is 9.29. The molecule has 162 valence electrons. The molecule has 0 radical (unpaired) electrons. The molecule has 9 heteroatoms. The molecule has 1 N–H and O–H groups in total. The summed E-state index contributed by atoms with van der Waals surface area (Å²) in [7, 11) is 2.41. The number of benzene rings is 2. The van der Waals surface area contributed by atoms with Crippen LogP contribution in [0.1, 0.15) is 15.9 Å². The zero-order chi connectivity index (χ0) is 22.5. The first-order chi connectivity index (χ1) is 14.9. The Hall–Kier alpha value is -3.36. The zero-order valence-corrected chi connectivity index (χ0v) is 18.0. The number of anilines is 2. The van der Waals surface area contributed by atoms with Gasteiger partial charge in [-0.05, 0) is 36.8 Å². The van der Waals surface area contributed by atoms with Crippen molar-refractivity contribution in [1.29, 1.82) is 0 Å². The van der Waals surface area contributed by atoms with Crippen LogP contribution in [0.2, 0.25) is 5.02 Å². The van der Waals surface area contributed by atoms with E-state index in [0.29, 0.717) is 16.4 Å². The van der Waals surface area contributed by atoms with E-state index in [4.69, 9.17) is 25.8 Å². The van der Waals surface area contributed by atoms with E-state index in [1.54, 1.807) is 42.5 Å². The van der Waals surface area contributed by atoms with Gasteiger partial charge >= 0.3 is 11.9 Å². The number of rotatable bonds is 5. The number of aryl methyl sites for hydroxylation is 1. The van der Waals surface area contributed by atoms with E-state index in [9.17, 15) is 14.4 Å². The van der Waals surface area contributed by atoms with Gasteiger partial charge in [0.15, 0.2) is 0 Å². The Kier molecular flexibility index (Phi) is 6.94.